The van der Waals surface area contributed by atoms with E-state index in [1.807, 2.05) is 30.3 Å². The SMILES string of the molecule is CS(=O)N(Cc1ccc(C2=NN=C(C(F)F)C2)cc1)c1cccnc1. The molecule has 0 bridgehead atoms. The first kappa shape index (κ1) is 17.3. The van der Waals surface area contributed by atoms with Crippen molar-refractivity contribution in [3.8, 4) is 0 Å². The minimum Gasteiger partial charge on any atom is -0.286 e. The molecule has 0 fully saturated rings. The van der Waals surface area contributed by atoms with Crippen LogP contribution in [0.3, 0.4) is 0 Å². The number of halogens is 2. The van der Waals surface area contributed by atoms with Crippen LogP contribution in [-0.2, 0) is 17.5 Å². The first-order valence-electron chi connectivity index (χ1n) is 7.56. The van der Waals surface area contributed by atoms with Crippen LogP contribution in [0, 0.1) is 0 Å². The van der Waals surface area contributed by atoms with Crippen LogP contribution >= 0.6 is 0 Å². The monoisotopic (exact) mass is 362 g/mol. The Morgan fingerprint density at radius 1 is 1.20 bits per heavy atom. The zero-order chi connectivity index (χ0) is 17.8. The fraction of sp³-hybridized carbons (Fsp3) is 0.235. The van der Waals surface area contributed by atoms with Crippen molar-refractivity contribution in [2.45, 2.75) is 19.4 Å². The first-order valence-corrected chi connectivity index (χ1v) is 9.08. The molecule has 0 spiro atoms. The summed E-state index contributed by atoms with van der Waals surface area (Å²) < 4.78 is 39.0. The van der Waals surface area contributed by atoms with E-state index >= 15 is 0 Å². The second-order valence-corrected chi connectivity index (χ2v) is 6.77. The van der Waals surface area contributed by atoms with Gasteiger partial charge in [-0.05, 0) is 23.3 Å². The molecule has 0 saturated carbocycles. The van der Waals surface area contributed by atoms with E-state index in [0.29, 0.717) is 12.3 Å². The maximum absolute atomic E-state index is 12.6. The van der Waals surface area contributed by atoms with E-state index in [0.717, 1.165) is 16.8 Å². The van der Waals surface area contributed by atoms with Crippen molar-refractivity contribution in [1.29, 1.82) is 0 Å². The van der Waals surface area contributed by atoms with E-state index in [2.05, 4.69) is 15.2 Å². The van der Waals surface area contributed by atoms with Crippen LogP contribution in [-0.4, -0.2) is 33.3 Å². The summed E-state index contributed by atoms with van der Waals surface area (Å²) in [7, 11) is -1.20. The topological polar surface area (TPSA) is 57.9 Å². The second-order valence-electron chi connectivity index (χ2n) is 5.48. The van der Waals surface area contributed by atoms with Crippen molar-refractivity contribution >= 4 is 28.1 Å². The Kier molecular flexibility index (Phi) is 5.28. The van der Waals surface area contributed by atoms with Gasteiger partial charge in [0.1, 0.15) is 16.7 Å². The first-order chi connectivity index (χ1) is 12.0. The lowest BCUT2D eigenvalue weighted by atomic mass is 10.0. The molecule has 1 atom stereocenters. The lowest BCUT2D eigenvalue weighted by Gasteiger charge is -2.21. The van der Waals surface area contributed by atoms with Crippen LogP contribution in [0.25, 0.3) is 0 Å². The Hall–Kier alpha value is -2.48. The van der Waals surface area contributed by atoms with E-state index in [-0.39, 0.29) is 12.1 Å². The molecule has 0 aliphatic carbocycles. The van der Waals surface area contributed by atoms with E-state index in [9.17, 15) is 13.0 Å². The smallest absolute Gasteiger partial charge is 0.278 e. The van der Waals surface area contributed by atoms with Gasteiger partial charge in [0, 0.05) is 18.9 Å². The zero-order valence-electron chi connectivity index (χ0n) is 13.5. The van der Waals surface area contributed by atoms with Crippen molar-refractivity contribution in [2.24, 2.45) is 10.2 Å². The molecule has 25 heavy (non-hydrogen) atoms. The molecule has 1 aromatic heterocycles. The van der Waals surface area contributed by atoms with E-state index in [1.54, 1.807) is 29.0 Å². The summed E-state index contributed by atoms with van der Waals surface area (Å²) >= 11 is 0. The maximum Gasteiger partial charge on any atom is 0.278 e. The summed E-state index contributed by atoms with van der Waals surface area (Å²) in [5, 5.41) is 7.36. The van der Waals surface area contributed by atoms with Gasteiger partial charge in [-0.25, -0.2) is 13.0 Å². The molecule has 0 amide bonds. The molecule has 5 nitrogen and oxygen atoms in total. The van der Waals surface area contributed by atoms with Crippen molar-refractivity contribution < 1.29 is 13.0 Å². The van der Waals surface area contributed by atoms with Crippen LogP contribution < -0.4 is 4.31 Å². The van der Waals surface area contributed by atoms with Gasteiger partial charge in [-0.3, -0.25) is 9.29 Å². The molecule has 8 heteroatoms. The predicted molar refractivity (Wildman–Crippen MR) is 95.5 cm³/mol. The third-order valence-corrected chi connectivity index (χ3v) is 4.72. The number of aromatic nitrogens is 1. The van der Waals surface area contributed by atoms with Gasteiger partial charge in [0.05, 0.1) is 24.1 Å². The van der Waals surface area contributed by atoms with Gasteiger partial charge in [-0.15, -0.1) is 0 Å². The average Bonchev–Trinajstić information content (AvgIpc) is 3.11. The van der Waals surface area contributed by atoms with Crippen LogP contribution in [0.4, 0.5) is 14.5 Å². The molecular weight excluding hydrogens is 346 g/mol. The Labute approximate surface area is 146 Å². The summed E-state index contributed by atoms with van der Waals surface area (Å²) in [4.78, 5) is 4.05. The van der Waals surface area contributed by atoms with E-state index < -0.39 is 17.4 Å². The fourth-order valence-electron chi connectivity index (χ4n) is 2.45. The fourth-order valence-corrected chi connectivity index (χ4v) is 3.18. The number of alkyl halides is 2. The number of benzene rings is 1. The molecule has 1 unspecified atom stereocenters. The average molecular weight is 362 g/mol. The van der Waals surface area contributed by atoms with Gasteiger partial charge in [0.15, 0.2) is 0 Å². The Morgan fingerprint density at radius 3 is 2.52 bits per heavy atom. The number of hydrogen-bond acceptors (Lipinski definition) is 4. The molecule has 130 valence electrons. The highest BCUT2D eigenvalue weighted by atomic mass is 32.2. The predicted octanol–water partition coefficient (Wildman–Crippen LogP) is 3.20. The second kappa shape index (κ2) is 7.60. The van der Waals surface area contributed by atoms with Crippen molar-refractivity contribution in [3.05, 3.63) is 59.9 Å². The van der Waals surface area contributed by atoms with Crippen LogP contribution in [0.1, 0.15) is 17.5 Å². The van der Waals surface area contributed by atoms with Gasteiger partial charge < -0.3 is 0 Å². The largest absolute Gasteiger partial charge is 0.286 e. The molecule has 2 heterocycles. The Balaban J connectivity index is 1.71. The number of anilines is 1. The molecule has 0 saturated heterocycles. The lowest BCUT2D eigenvalue weighted by Crippen LogP contribution is -2.24. The van der Waals surface area contributed by atoms with Crippen molar-refractivity contribution in [1.82, 2.24) is 4.98 Å². The normalized spacial score (nSPS) is 15.0. The summed E-state index contributed by atoms with van der Waals surface area (Å²) in [5.74, 6) is 0. The molecule has 0 radical (unpaired) electrons. The number of rotatable bonds is 6. The van der Waals surface area contributed by atoms with Gasteiger partial charge in [-0.1, -0.05) is 24.3 Å². The van der Waals surface area contributed by atoms with Gasteiger partial charge in [-0.2, -0.15) is 10.2 Å². The van der Waals surface area contributed by atoms with Crippen LogP contribution in [0.15, 0.2) is 59.0 Å². The summed E-state index contributed by atoms with van der Waals surface area (Å²) in [5.41, 5.74) is 2.79. The van der Waals surface area contributed by atoms with E-state index in [4.69, 9.17) is 0 Å². The number of hydrogen-bond donors (Lipinski definition) is 0. The third-order valence-electron chi connectivity index (χ3n) is 3.76. The molecular formula is C17H16F2N4OS. The van der Waals surface area contributed by atoms with Crippen molar-refractivity contribution in [2.75, 3.05) is 10.6 Å². The molecule has 3 rings (SSSR count). The molecule has 2 aromatic rings. The zero-order valence-corrected chi connectivity index (χ0v) is 14.3. The van der Waals surface area contributed by atoms with Crippen molar-refractivity contribution in [3.63, 3.8) is 0 Å². The summed E-state index contributed by atoms with van der Waals surface area (Å²) in [6.07, 6.45) is 2.42. The quantitative estimate of drug-likeness (QED) is 0.792. The molecule has 1 aromatic carbocycles. The standard InChI is InChI=1S/C17H16F2N4OS/c1-25(24)23(14-3-2-8-20-10-14)11-12-4-6-13(7-5-12)15-9-16(17(18)19)22-21-15/h2-8,10,17H,9,11H2,1H3. The summed E-state index contributed by atoms with van der Waals surface area (Å²) in [6.45, 7) is 0.445. The minimum atomic E-state index is -2.58. The highest BCUT2D eigenvalue weighted by Crippen LogP contribution is 2.20. The third kappa shape index (κ3) is 4.14. The van der Waals surface area contributed by atoms with Crippen LogP contribution in [0.2, 0.25) is 0 Å². The van der Waals surface area contributed by atoms with Gasteiger partial charge >= 0.3 is 0 Å². The van der Waals surface area contributed by atoms with Crippen LogP contribution in [0.5, 0.6) is 0 Å². The lowest BCUT2D eigenvalue weighted by molar-refractivity contribution is 0.224. The maximum atomic E-state index is 12.6. The highest BCUT2D eigenvalue weighted by molar-refractivity contribution is 7.85. The van der Waals surface area contributed by atoms with E-state index in [1.165, 1.54) is 0 Å². The Bertz CT molecular complexity index is 822. The van der Waals surface area contributed by atoms with Gasteiger partial charge in [0.25, 0.3) is 6.43 Å². The molecule has 1 aliphatic rings. The van der Waals surface area contributed by atoms with Gasteiger partial charge in [0.2, 0.25) is 0 Å². The Morgan fingerprint density at radius 2 is 1.96 bits per heavy atom. The number of pyridine rings is 1. The summed E-state index contributed by atoms with van der Waals surface area (Å²) in [6, 6.07) is 11.0. The minimum absolute atomic E-state index is 0.0673. The molecule has 0 N–H and O–H groups in total. The molecule has 1 aliphatic heterocycles. The number of nitrogens with zero attached hydrogens (tertiary/aromatic N) is 4. The highest BCUT2D eigenvalue weighted by Gasteiger charge is 2.21.